The third-order valence-corrected chi connectivity index (χ3v) is 8.94. The van der Waals surface area contributed by atoms with E-state index in [4.69, 9.17) is 24.8 Å². The van der Waals surface area contributed by atoms with E-state index >= 15 is 0 Å². The fourth-order valence-corrected chi connectivity index (χ4v) is 5.57. The number of aliphatic carboxylic acids is 1. The fraction of sp³-hybridized carbons (Fsp3) is 0.605. The molecular formula is C43H70NO10P. The van der Waals surface area contributed by atoms with Gasteiger partial charge in [0.05, 0.1) is 13.2 Å². The van der Waals surface area contributed by atoms with Crippen molar-refractivity contribution in [1.82, 2.24) is 0 Å². The van der Waals surface area contributed by atoms with Gasteiger partial charge in [0.2, 0.25) is 0 Å². The van der Waals surface area contributed by atoms with Crippen LogP contribution in [-0.2, 0) is 37.5 Å². The van der Waals surface area contributed by atoms with Crippen LogP contribution in [0, 0.1) is 0 Å². The zero-order chi connectivity index (χ0) is 40.7. The van der Waals surface area contributed by atoms with Gasteiger partial charge in [-0.1, -0.05) is 157 Å². The molecule has 0 fully saturated rings. The van der Waals surface area contributed by atoms with Gasteiger partial charge in [0.15, 0.2) is 6.10 Å². The zero-order valence-corrected chi connectivity index (χ0v) is 34.4. The average Bonchev–Trinajstić information content (AvgIpc) is 3.16. The number of phosphoric acid groups is 1. The Balaban J connectivity index is 4.55. The molecule has 55 heavy (non-hydrogen) atoms. The summed E-state index contributed by atoms with van der Waals surface area (Å²) in [7, 11) is -4.74. The van der Waals surface area contributed by atoms with E-state index in [0.717, 1.165) is 57.8 Å². The third-order valence-electron chi connectivity index (χ3n) is 7.99. The molecule has 0 amide bonds. The van der Waals surface area contributed by atoms with Crippen LogP contribution in [0.1, 0.15) is 136 Å². The lowest BCUT2D eigenvalue weighted by Gasteiger charge is -2.20. The number of unbranched alkanes of at least 4 members (excludes halogenated alkanes) is 12. The Hall–Kier alpha value is -3.34. The summed E-state index contributed by atoms with van der Waals surface area (Å²) in [6.45, 7) is 2.59. The second-order valence-electron chi connectivity index (χ2n) is 13.2. The van der Waals surface area contributed by atoms with Gasteiger partial charge < -0.3 is 25.2 Å². The van der Waals surface area contributed by atoms with Crippen LogP contribution in [0.25, 0.3) is 0 Å². The Morgan fingerprint density at radius 3 is 1.73 bits per heavy atom. The number of esters is 2. The number of carboxylic acids is 1. The van der Waals surface area contributed by atoms with Crippen molar-refractivity contribution < 1.29 is 47.5 Å². The van der Waals surface area contributed by atoms with E-state index in [1.54, 1.807) is 0 Å². The SMILES string of the molecule is CCC/C=C/C=C/C=C/C=C/C=C/CCCCCCCC(=O)OCC(COP(=O)(O)OC[C@@H](N)C(=O)O)OC(=O)CC/C=C/C/C=C/CCCCCCCC. The molecule has 4 N–H and O–H groups in total. The van der Waals surface area contributed by atoms with Crippen molar-refractivity contribution in [2.75, 3.05) is 19.8 Å². The average molecular weight is 792 g/mol. The first-order valence-electron chi connectivity index (χ1n) is 20.2. The largest absolute Gasteiger partial charge is 0.480 e. The standard InChI is InChI=1S/C43H70NO10P/c1-3-5-7-9-11-13-15-17-18-19-20-21-23-24-26-28-30-32-34-41(45)51-36-39(37-52-55(49,50)53-38-40(44)43(47)48)54-42(46)35-33-31-29-27-25-22-16-14-12-10-8-6-4-2/h7,9,11,13,15,17-22,25,29,31,39-40H,3-6,8,10,12,14,16,23-24,26-28,30,32-38,44H2,1-2H3,(H,47,48)(H,49,50)/b9-7+,13-11+,17-15+,19-18+,21-20+,25-22+,31-29+/t39?,40-/m1/s1. The molecule has 11 nitrogen and oxygen atoms in total. The quantitative estimate of drug-likeness (QED) is 0.0181. The van der Waals surface area contributed by atoms with E-state index in [0.29, 0.717) is 12.8 Å². The molecule has 0 aromatic carbocycles. The third kappa shape index (κ3) is 37.4. The first-order chi connectivity index (χ1) is 26.6. The Bertz CT molecular complexity index is 1250. The highest BCUT2D eigenvalue weighted by Crippen LogP contribution is 2.43. The Kier molecular flexibility index (Phi) is 35.3. The van der Waals surface area contributed by atoms with Crippen LogP contribution in [0.5, 0.6) is 0 Å². The lowest BCUT2D eigenvalue weighted by Crippen LogP contribution is -2.34. The molecule has 0 aliphatic carbocycles. The number of carbonyl (C=O) groups is 3. The molecule has 3 atom stereocenters. The number of carboxylic acid groups (broad SMARTS) is 1. The Morgan fingerprint density at radius 1 is 0.582 bits per heavy atom. The Morgan fingerprint density at radius 2 is 1.11 bits per heavy atom. The normalized spacial score (nSPS) is 14.7. The first kappa shape index (κ1) is 51.7. The molecule has 12 heteroatoms. The van der Waals surface area contributed by atoms with Crippen molar-refractivity contribution in [3.05, 3.63) is 85.1 Å². The predicted molar refractivity (Wildman–Crippen MR) is 221 cm³/mol. The van der Waals surface area contributed by atoms with E-state index in [-0.39, 0.29) is 19.4 Å². The van der Waals surface area contributed by atoms with Gasteiger partial charge in [-0.15, -0.1) is 0 Å². The van der Waals surface area contributed by atoms with Gasteiger partial charge in [0, 0.05) is 12.8 Å². The highest BCUT2D eigenvalue weighted by molar-refractivity contribution is 7.47. The number of hydrogen-bond donors (Lipinski definition) is 3. The van der Waals surface area contributed by atoms with Gasteiger partial charge in [-0.2, -0.15) is 0 Å². The maximum Gasteiger partial charge on any atom is 0.472 e. The molecule has 0 spiro atoms. The first-order valence-corrected chi connectivity index (χ1v) is 21.7. The minimum atomic E-state index is -4.74. The maximum absolute atomic E-state index is 12.5. The Labute approximate surface area is 331 Å². The molecule has 0 heterocycles. The summed E-state index contributed by atoms with van der Waals surface area (Å²) in [6.07, 6.45) is 45.2. The lowest BCUT2D eigenvalue weighted by atomic mass is 10.1. The number of rotatable bonds is 36. The van der Waals surface area contributed by atoms with Gasteiger partial charge in [0.25, 0.3) is 0 Å². The van der Waals surface area contributed by atoms with Gasteiger partial charge in [-0.3, -0.25) is 23.4 Å². The van der Waals surface area contributed by atoms with E-state index < -0.39 is 51.1 Å². The fourth-order valence-electron chi connectivity index (χ4n) is 4.79. The molecule has 2 unspecified atom stereocenters. The molecule has 0 aliphatic rings. The number of nitrogens with two attached hydrogens (primary N) is 1. The van der Waals surface area contributed by atoms with Crippen LogP contribution in [0.4, 0.5) is 0 Å². The van der Waals surface area contributed by atoms with Crippen molar-refractivity contribution >= 4 is 25.7 Å². The van der Waals surface area contributed by atoms with E-state index in [9.17, 15) is 23.8 Å². The molecule has 0 aromatic heterocycles. The predicted octanol–water partition coefficient (Wildman–Crippen LogP) is 10.3. The highest BCUT2D eigenvalue weighted by Gasteiger charge is 2.28. The van der Waals surface area contributed by atoms with Crippen molar-refractivity contribution in [3.8, 4) is 0 Å². The van der Waals surface area contributed by atoms with Gasteiger partial charge in [-0.25, -0.2) is 4.57 Å². The summed E-state index contributed by atoms with van der Waals surface area (Å²) in [6, 6.07) is -1.54. The van der Waals surface area contributed by atoms with Crippen LogP contribution in [0.3, 0.4) is 0 Å². The van der Waals surface area contributed by atoms with Gasteiger partial charge in [0.1, 0.15) is 12.6 Å². The van der Waals surface area contributed by atoms with E-state index in [2.05, 4.69) is 48.8 Å². The zero-order valence-electron chi connectivity index (χ0n) is 33.5. The van der Waals surface area contributed by atoms with Crippen LogP contribution in [0.15, 0.2) is 85.1 Å². The molecule has 0 aliphatic heterocycles. The van der Waals surface area contributed by atoms with Crippen molar-refractivity contribution in [2.24, 2.45) is 5.73 Å². The van der Waals surface area contributed by atoms with Crippen molar-refractivity contribution in [2.45, 2.75) is 148 Å². The number of allylic oxidation sites excluding steroid dienone is 14. The lowest BCUT2D eigenvalue weighted by molar-refractivity contribution is -0.161. The molecule has 0 rings (SSSR count). The minimum absolute atomic E-state index is 0.0440. The molecule has 0 saturated carbocycles. The summed E-state index contributed by atoms with van der Waals surface area (Å²) in [5.41, 5.74) is 5.31. The molecular weight excluding hydrogens is 721 g/mol. The summed E-state index contributed by atoms with van der Waals surface area (Å²) in [5.74, 6) is -2.51. The summed E-state index contributed by atoms with van der Waals surface area (Å²) in [4.78, 5) is 45.8. The topological polar surface area (TPSA) is 172 Å². The summed E-state index contributed by atoms with van der Waals surface area (Å²) in [5, 5.41) is 8.87. The summed E-state index contributed by atoms with van der Waals surface area (Å²) < 4.78 is 32.5. The molecule has 312 valence electrons. The smallest absolute Gasteiger partial charge is 0.472 e. The number of phosphoric ester groups is 1. The minimum Gasteiger partial charge on any atom is -0.480 e. The molecule has 0 bridgehead atoms. The monoisotopic (exact) mass is 791 g/mol. The number of carbonyl (C=O) groups excluding carboxylic acids is 2. The van der Waals surface area contributed by atoms with Crippen LogP contribution in [-0.4, -0.2) is 59.9 Å². The van der Waals surface area contributed by atoms with Crippen molar-refractivity contribution in [1.29, 1.82) is 0 Å². The maximum atomic E-state index is 12.5. The second-order valence-corrected chi connectivity index (χ2v) is 14.6. The number of ether oxygens (including phenoxy) is 2. The van der Waals surface area contributed by atoms with E-state index in [1.165, 1.54) is 38.5 Å². The van der Waals surface area contributed by atoms with Gasteiger partial charge in [-0.05, 0) is 51.4 Å². The summed E-state index contributed by atoms with van der Waals surface area (Å²) >= 11 is 0. The van der Waals surface area contributed by atoms with E-state index in [1.807, 2.05) is 54.7 Å². The van der Waals surface area contributed by atoms with Crippen LogP contribution < -0.4 is 5.73 Å². The van der Waals surface area contributed by atoms with Crippen molar-refractivity contribution in [3.63, 3.8) is 0 Å². The highest BCUT2D eigenvalue weighted by atomic mass is 31.2. The second kappa shape index (κ2) is 37.6. The molecule has 0 aromatic rings. The number of hydrogen-bond acceptors (Lipinski definition) is 9. The van der Waals surface area contributed by atoms with Crippen LogP contribution >= 0.6 is 7.82 Å². The molecule has 0 saturated heterocycles. The molecule has 0 radical (unpaired) electrons. The van der Waals surface area contributed by atoms with Crippen LogP contribution in [0.2, 0.25) is 0 Å². The van der Waals surface area contributed by atoms with Gasteiger partial charge >= 0.3 is 25.7 Å².